The summed E-state index contributed by atoms with van der Waals surface area (Å²) in [5.74, 6) is 0.791. The van der Waals surface area contributed by atoms with Gasteiger partial charge in [-0.2, -0.15) is 0 Å². The topological polar surface area (TPSA) is 36.2 Å². The van der Waals surface area contributed by atoms with E-state index in [0.717, 1.165) is 28.8 Å². The minimum absolute atomic E-state index is 0.0359. The van der Waals surface area contributed by atoms with Crippen LogP contribution in [0.15, 0.2) is 39.9 Å². The first-order chi connectivity index (χ1) is 9.15. The molecule has 0 amide bonds. The lowest BCUT2D eigenvalue weighted by atomic mass is 10.2. The van der Waals surface area contributed by atoms with Crippen molar-refractivity contribution in [1.82, 2.24) is 9.13 Å². The Bertz CT molecular complexity index is 616. The van der Waals surface area contributed by atoms with Crippen LogP contribution in [0.5, 0.6) is 5.75 Å². The summed E-state index contributed by atoms with van der Waals surface area (Å²) in [6, 6.07) is 5.84. The molecule has 0 aliphatic carbocycles. The van der Waals surface area contributed by atoms with Gasteiger partial charge in [0.2, 0.25) is 0 Å². The van der Waals surface area contributed by atoms with Crippen molar-refractivity contribution in [2.24, 2.45) is 0 Å². The Kier molecular flexibility index (Phi) is 4.47. The Morgan fingerprint density at radius 2 is 2.00 bits per heavy atom. The van der Waals surface area contributed by atoms with E-state index >= 15 is 0 Å². The fraction of sp³-hybridized carbons (Fsp3) is 0.357. The van der Waals surface area contributed by atoms with Gasteiger partial charge in [-0.25, -0.2) is 4.79 Å². The molecule has 0 aliphatic heterocycles. The summed E-state index contributed by atoms with van der Waals surface area (Å²) in [5, 5.41) is 0. The maximum Gasteiger partial charge on any atom is 0.328 e. The highest BCUT2D eigenvalue weighted by molar-refractivity contribution is 9.10. The minimum atomic E-state index is 0.0359. The van der Waals surface area contributed by atoms with E-state index in [1.165, 1.54) is 0 Å². The third-order valence-corrected chi connectivity index (χ3v) is 3.57. The molecule has 0 aliphatic rings. The molecule has 0 saturated heterocycles. The van der Waals surface area contributed by atoms with Crippen LogP contribution in [-0.2, 0) is 13.1 Å². The molecule has 1 aromatic carbocycles. The summed E-state index contributed by atoms with van der Waals surface area (Å²) in [7, 11) is 1.63. The van der Waals surface area contributed by atoms with Crippen LogP contribution in [0.25, 0.3) is 0 Å². The monoisotopic (exact) mass is 324 g/mol. The predicted octanol–water partition coefficient (Wildman–Crippen LogP) is 2.88. The minimum Gasteiger partial charge on any atom is -0.496 e. The molecule has 0 bridgehead atoms. The second kappa shape index (κ2) is 6.10. The molecule has 4 nitrogen and oxygen atoms in total. The molecular weight excluding hydrogens is 308 g/mol. The van der Waals surface area contributed by atoms with Gasteiger partial charge in [0, 0.05) is 18.9 Å². The van der Waals surface area contributed by atoms with Crippen molar-refractivity contribution in [2.75, 3.05) is 7.11 Å². The lowest BCUT2D eigenvalue weighted by Gasteiger charge is -2.06. The average molecular weight is 325 g/mol. The Morgan fingerprint density at radius 3 is 2.63 bits per heavy atom. The number of aromatic nitrogens is 2. The number of rotatable bonds is 5. The van der Waals surface area contributed by atoms with Crippen LogP contribution in [0.3, 0.4) is 0 Å². The predicted molar refractivity (Wildman–Crippen MR) is 78.8 cm³/mol. The number of benzene rings is 1. The van der Waals surface area contributed by atoms with Gasteiger partial charge in [-0.1, -0.05) is 13.0 Å². The van der Waals surface area contributed by atoms with Gasteiger partial charge in [-0.15, -0.1) is 0 Å². The summed E-state index contributed by atoms with van der Waals surface area (Å²) < 4.78 is 9.53. The standard InChI is InChI=1S/C14H17BrN2O2/c1-3-6-16-7-8-17(14(16)18)10-11-4-5-13(19-2)12(15)9-11/h4-5,7-9H,3,6,10H2,1-2H3. The highest BCUT2D eigenvalue weighted by Crippen LogP contribution is 2.25. The SMILES string of the molecule is CCCn1ccn(Cc2ccc(OC)c(Br)c2)c1=O. The lowest BCUT2D eigenvalue weighted by Crippen LogP contribution is -2.24. The maximum atomic E-state index is 12.1. The summed E-state index contributed by atoms with van der Waals surface area (Å²) >= 11 is 3.45. The highest BCUT2D eigenvalue weighted by Gasteiger charge is 2.05. The molecule has 0 saturated carbocycles. The van der Waals surface area contributed by atoms with Gasteiger partial charge in [0.05, 0.1) is 18.1 Å². The van der Waals surface area contributed by atoms with Gasteiger partial charge in [-0.3, -0.25) is 9.13 Å². The molecule has 102 valence electrons. The van der Waals surface area contributed by atoms with E-state index < -0.39 is 0 Å². The zero-order chi connectivity index (χ0) is 13.8. The molecule has 5 heteroatoms. The van der Waals surface area contributed by atoms with Crippen molar-refractivity contribution >= 4 is 15.9 Å². The number of imidazole rings is 1. The number of ether oxygens (including phenoxy) is 1. The normalized spacial score (nSPS) is 10.7. The summed E-state index contributed by atoms with van der Waals surface area (Å²) in [5.41, 5.74) is 1.10. The number of hydrogen-bond donors (Lipinski definition) is 0. The van der Waals surface area contributed by atoms with E-state index in [0.29, 0.717) is 6.54 Å². The summed E-state index contributed by atoms with van der Waals surface area (Å²) in [4.78, 5) is 12.1. The van der Waals surface area contributed by atoms with Crippen molar-refractivity contribution in [1.29, 1.82) is 0 Å². The van der Waals surface area contributed by atoms with Gasteiger partial charge in [-0.05, 0) is 40.0 Å². The van der Waals surface area contributed by atoms with E-state index in [1.807, 2.05) is 30.6 Å². The van der Waals surface area contributed by atoms with Crippen LogP contribution in [-0.4, -0.2) is 16.2 Å². The summed E-state index contributed by atoms with van der Waals surface area (Å²) in [6.07, 6.45) is 4.62. The van der Waals surface area contributed by atoms with Crippen molar-refractivity contribution in [3.8, 4) is 5.75 Å². The van der Waals surface area contributed by atoms with Gasteiger partial charge in [0.1, 0.15) is 5.75 Å². The maximum absolute atomic E-state index is 12.1. The lowest BCUT2D eigenvalue weighted by molar-refractivity contribution is 0.412. The molecule has 1 heterocycles. The third kappa shape index (κ3) is 3.10. The number of hydrogen-bond acceptors (Lipinski definition) is 2. The van der Waals surface area contributed by atoms with E-state index in [9.17, 15) is 4.79 Å². The second-order valence-electron chi connectivity index (χ2n) is 4.37. The van der Waals surface area contributed by atoms with Crippen molar-refractivity contribution in [3.63, 3.8) is 0 Å². The molecule has 2 aromatic rings. The molecule has 0 fully saturated rings. The number of methoxy groups -OCH3 is 1. The van der Waals surface area contributed by atoms with E-state index in [1.54, 1.807) is 16.2 Å². The Labute approximate surface area is 120 Å². The third-order valence-electron chi connectivity index (χ3n) is 2.95. The van der Waals surface area contributed by atoms with E-state index in [-0.39, 0.29) is 5.69 Å². The van der Waals surface area contributed by atoms with Gasteiger partial charge < -0.3 is 4.74 Å². The van der Waals surface area contributed by atoms with Crippen molar-refractivity contribution in [2.45, 2.75) is 26.4 Å². The Morgan fingerprint density at radius 1 is 1.26 bits per heavy atom. The molecule has 0 spiro atoms. The van der Waals surface area contributed by atoms with Crippen LogP contribution in [0.1, 0.15) is 18.9 Å². The average Bonchev–Trinajstić information content (AvgIpc) is 2.72. The molecule has 1 aromatic heterocycles. The van der Waals surface area contributed by atoms with Crippen LogP contribution >= 0.6 is 15.9 Å². The van der Waals surface area contributed by atoms with Crippen LogP contribution in [0.2, 0.25) is 0 Å². The Hall–Kier alpha value is -1.49. The number of halogens is 1. The van der Waals surface area contributed by atoms with Crippen molar-refractivity contribution < 1.29 is 4.74 Å². The molecule has 0 unspecified atom stereocenters. The van der Waals surface area contributed by atoms with E-state index in [2.05, 4.69) is 22.9 Å². The van der Waals surface area contributed by atoms with Crippen LogP contribution in [0.4, 0.5) is 0 Å². The smallest absolute Gasteiger partial charge is 0.328 e. The molecular formula is C14H17BrN2O2. The fourth-order valence-corrected chi connectivity index (χ4v) is 2.58. The van der Waals surface area contributed by atoms with Crippen LogP contribution < -0.4 is 10.4 Å². The van der Waals surface area contributed by atoms with Gasteiger partial charge in [0.15, 0.2) is 0 Å². The molecule has 19 heavy (non-hydrogen) atoms. The largest absolute Gasteiger partial charge is 0.496 e. The number of aryl methyl sites for hydroxylation is 1. The highest BCUT2D eigenvalue weighted by atomic mass is 79.9. The van der Waals surface area contributed by atoms with Gasteiger partial charge >= 0.3 is 5.69 Å². The van der Waals surface area contributed by atoms with Crippen molar-refractivity contribution in [3.05, 3.63) is 51.1 Å². The second-order valence-corrected chi connectivity index (χ2v) is 5.23. The van der Waals surface area contributed by atoms with E-state index in [4.69, 9.17) is 4.74 Å². The molecule has 0 atom stereocenters. The first kappa shape index (κ1) is 13.9. The first-order valence-electron chi connectivity index (χ1n) is 6.23. The zero-order valence-electron chi connectivity index (χ0n) is 11.1. The molecule has 0 radical (unpaired) electrons. The fourth-order valence-electron chi connectivity index (χ4n) is 1.99. The van der Waals surface area contributed by atoms with Gasteiger partial charge in [0.25, 0.3) is 0 Å². The number of nitrogens with zero attached hydrogens (tertiary/aromatic N) is 2. The Balaban J connectivity index is 2.22. The quantitative estimate of drug-likeness (QED) is 0.847. The van der Waals surface area contributed by atoms with Crippen LogP contribution in [0, 0.1) is 0 Å². The summed E-state index contributed by atoms with van der Waals surface area (Å²) in [6.45, 7) is 3.39. The first-order valence-corrected chi connectivity index (χ1v) is 7.03. The molecule has 2 rings (SSSR count). The zero-order valence-corrected chi connectivity index (χ0v) is 12.7. The molecule has 0 N–H and O–H groups in total.